The van der Waals surface area contributed by atoms with E-state index in [0.717, 1.165) is 0 Å². The number of carbonyl (C=O) groups is 3. The highest BCUT2D eigenvalue weighted by Gasteiger charge is 2.33. The lowest BCUT2D eigenvalue weighted by atomic mass is 10.1. The van der Waals surface area contributed by atoms with Crippen LogP contribution in [0.3, 0.4) is 0 Å². The zero-order valence-corrected chi connectivity index (χ0v) is 9.57. The van der Waals surface area contributed by atoms with Crippen LogP contribution in [0.25, 0.3) is 0 Å². The van der Waals surface area contributed by atoms with Crippen molar-refractivity contribution < 1.29 is 29.3 Å². The van der Waals surface area contributed by atoms with E-state index in [4.69, 9.17) is 14.9 Å². The summed E-state index contributed by atoms with van der Waals surface area (Å²) in [7, 11) is 0. The largest absolute Gasteiger partial charge is 0.481 e. The van der Waals surface area contributed by atoms with Crippen molar-refractivity contribution in [1.29, 1.82) is 0 Å². The zero-order chi connectivity index (χ0) is 13.7. The van der Waals surface area contributed by atoms with Crippen molar-refractivity contribution in [2.45, 2.75) is 13.0 Å². The molecule has 0 aliphatic carbocycles. The molecule has 0 radical (unpaired) electrons. The summed E-state index contributed by atoms with van der Waals surface area (Å²) in [5, 5.41) is 17.6. The van der Waals surface area contributed by atoms with Crippen molar-refractivity contribution >= 4 is 17.9 Å². The minimum Gasteiger partial charge on any atom is -0.481 e. The highest BCUT2D eigenvalue weighted by Crippen LogP contribution is 2.12. The van der Waals surface area contributed by atoms with Gasteiger partial charge < -0.3 is 14.9 Å². The molecule has 0 amide bonds. The van der Waals surface area contributed by atoms with E-state index >= 15 is 0 Å². The Labute approximate surface area is 103 Å². The first-order valence-corrected chi connectivity index (χ1v) is 5.15. The van der Waals surface area contributed by atoms with Crippen molar-refractivity contribution in [3.05, 3.63) is 35.9 Å². The van der Waals surface area contributed by atoms with E-state index in [1.165, 1.54) is 19.1 Å². The lowest BCUT2D eigenvalue weighted by Crippen LogP contribution is -2.37. The number of carboxylic acid groups (broad SMARTS) is 2. The Balaban J connectivity index is 2.83. The molecule has 0 aliphatic rings. The average Bonchev–Trinajstić information content (AvgIpc) is 2.35. The van der Waals surface area contributed by atoms with Gasteiger partial charge in [-0.1, -0.05) is 18.2 Å². The molecule has 0 aromatic heterocycles. The van der Waals surface area contributed by atoms with Crippen molar-refractivity contribution in [3.8, 4) is 0 Å². The summed E-state index contributed by atoms with van der Waals surface area (Å²) < 4.78 is 4.70. The molecule has 6 nitrogen and oxygen atoms in total. The van der Waals surface area contributed by atoms with Gasteiger partial charge in [-0.25, -0.2) is 9.59 Å². The molecule has 6 heteroatoms. The molecule has 1 aromatic rings. The van der Waals surface area contributed by atoms with Gasteiger partial charge in [0.25, 0.3) is 0 Å². The smallest absolute Gasteiger partial charge is 0.345 e. The molecule has 0 spiro atoms. The van der Waals surface area contributed by atoms with Crippen molar-refractivity contribution in [2.75, 3.05) is 0 Å². The number of rotatable bonds is 5. The van der Waals surface area contributed by atoms with Gasteiger partial charge in [-0.15, -0.1) is 0 Å². The molecule has 1 rings (SSSR count). The first-order valence-electron chi connectivity index (χ1n) is 5.15. The summed E-state index contributed by atoms with van der Waals surface area (Å²) in [4.78, 5) is 33.2. The highest BCUT2D eigenvalue weighted by molar-refractivity contribution is 5.92. The van der Waals surface area contributed by atoms with Crippen LogP contribution in [0, 0.1) is 5.92 Å². The van der Waals surface area contributed by atoms with E-state index in [9.17, 15) is 14.4 Å². The van der Waals surface area contributed by atoms with Gasteiger partial charge in [0, 0.05) is 0 Å². The number of benzene rings is 1. The Morgan fingerprint density at radius 2 is 1.61 bits per heavy atom. The number of carbonyl (C=O) groups excluding carboxylic acids is 1. The molecule has 1 aromatic carbocycles. The maximum absolute atomic E-state index is 11.6. The topological polar surface area (TPSA) is 101 Å². The first-order chi connectivity index (χ1) is 8.43. The molecule has 0 saturated carbocycles. The van der Waals surface area contributed by atoms with Gasteiger partial charge in [0.1, 0.15) is 5.92 Å². The number of ether oxygens (including phenoxy) is 1. The Bertz CT molecular complexity index is 453. The van der Waals surface area contributed by atoms with Crippen molar-refractivity contribution in [1.82, 2.24) is 0 Å². The summed E-state index contributed by atoms with van der Waals surface area (Å²) in [6.45, 7) is 1.17. The van der Waals surface area contributed by atoms with E-state index in [1.54, 1.807) is 18.2 Å². The second-order valence-electron chi connectivity index (χ2n) is 3.66. The Morgan fingerprint density at radius 1 is 1.06 bits per heavy atom. The number of hydrogen-bond acceptors (Lipinski definition) is 4. The van der Waals surface area contributed by atoms with Gasteiger partial charge in [-0.05, 0) is 19.1 Å². The van der Waals surface area contributed by atoms with Crippen LogP contribution in [0.2, 0.25) is 0 Å². The number of esters is 1. The molecule has 0 heterocycles. The molecule has 0 bridgehead atoms. The molecule has 0 saturated heterocycles. The first kappa shape index (κ1) is 13.7. The van der Waals surface area contributed by atoms with E-state index in [0.29, 0.717) is 0 Å². The van der Waals surface area contributed by atoms with Crippen molar-refractivity contribution in [3.63, 3.8) is 0 Å². The summed E-state index contributed by atoms with van der Waals surface area (Å²) in [6.07, 6.45) is -1.71. The highest BCUT2D eigenvalue weighted by atomic mass is 16.6. The summed E-state index contributed by atoms with van der Waals surface area (Å²) >= 11 is 0. The molecule has 2 N–H and O–H groups in total. The van der Waals surface area contributed by atoms with E-state index < -0.39 is 29.9 Å². The molecular weight excluding hydrogens is 240 g/mol. The van der Waals surface area contributed by atoms with Gasteiger partial charge in [0.2, 0.25) is 6.10 Å². The van der Waals surface area contributed by atoms with Crippen LogP contribution in [0.15, 0.2) is 30.3 Å². The monoisotopic (exact) mass is 252 g/mol. The minimum absolute atomic E-state index is 0.168. The van der Waals surface area contributed by atoms with Gasteiger partial charge in [-0.3, -0.25) is 4.79 Å². The molecule has 18 heavy (non-hydrogen) atoms. The Morgan fingerprint density at radius 3 is 2.06 bits per heavy atom. The standard InChI is InChI=1S/C12H12O6/c1-7(10(13)14)9(11(15)16)18-12(17)8-5-3-2-4-6-8/h2-7,9H,1H3,(H,13,14)(H,15,16)/t7?,9-/m1/s1. The third-order valence-electron chi connectivity index (χ3n) is 2.33. The zero-order valence-electron chi connectivity index (χ0n) is 9.57. The summed E-state index contributed by atoms with van der Waals surface area (Å²) in [6, 6.07) is 7.77. The molecular formula is C12H12O6. The lowest BCUT2D eigenvalue weighted by Gasteiger charge is -2.17. The van der Waals surface area contributed by atoms with E-state index in [-0.39, 0.29) is 5.56 Å². The second kappa shape index (κ2) is 5.81. The van der Waals surface area contributed by atoms with Gasteiger partial charge in [-0.2, -0.15) is 0 Å². The fourth-order valence-corrected chi connectivity index (χ4v) is 1.25. The Hall–Kier alpha value is -2.37. The summed E-state index contributed by atoms with van der Waals surface area (Å²) in [5.74, 6) is -5.02. The fraction of sp³-hybridized carbons (Fsp3) is 0.250. The van der Waals surface area contributed by atoms with Gasteiger partial charge in [0.05, 0.1) is 5.56 Å². The van der Waals surface area contributed by atoms with Gasteiger partial charge in [0.15, 0.2) is 0 Å². The SMILES string of the molecule is CC(C(=O)O)[C@@H](OC(=O)c1ccccc1)C(=O)O. The van der Waals surface area contributed by atoms with E-state index in [2.05, 4.69) is 0 Å². The quantitative estimate of drug-likeness (QED) is 0.758. The van der Waals surface area contributed by atoms with Crippen LogP contribution < -0.4 is 0 Å². The maximum Gasteiger partial charge on any atom is 0.345 e. The number of aliphatic carboxylic acids is 2. The van der Waals surface area contributed by atoms with Crippen LogP contribution in [-0.4, -0.2) is 34.2 Å². The van der Waals surface area contributed by atoms with Crippen molar-refractivity contribution in [2.24, 2.45) is 5.92 Å². The maximum atomic E-state index is 11.6. The number of carboxylic acids is 2. The summed E-state index contributed by atoms with van der Waals surface area (Å²) in [5.41, 5.74) is 0.168. The molecule has 0 fully saturated rings. The lowest BCUT2D eigenvalue weighted by molar-refractivity contribution is -0.158. The number of hydrogen-bond donors (Lipinski definition) is 2. The van der Waals surface area contributed by atoms with Crippen LogP contribution in [0.5, 0.6) is 0 Å². The molecule has 96 valence electrons. The van der Waals surface area contributed by atoms with Gasteiger partial charge >= 0.3 is 17.9 Å². The van der Waals surface area contributed by atoms with Crippen LogP contribution >= 0.6 is 0 Å². The molecule has 0 aliphatic heterocycles. The fourth-order valence-electron chi connectivity index (χ4n) is 1.25. The minimum atomic E-state index is -1.71. The third kappa shape index (κ3) is 3.31. The average molecular weight is 252 g/mol. The normalized spacial score (nSPS) is 13.4. The van der Waals surface area contributed by atoms with Crippen LogP contribution in [0.4, 0.5) is 0 Å². The molecule has 2 atom stereocenters. The predicted molar refractivity (Wildman–Crippen MR) is 60.1 cm³/mol. The predicted octanol–water partition coefficient (Wildman–Crippen LogP) is 1.02. The molecule has 1 unspecified atom stereocenters. The van der Waals surface area contributed by atoms with E-state index in [1.807, 2.05) is 0 Å². The Kier molecular flexibility index (Phi) is 4.42. The van der Waals surface area contributed by atoms with Crippen LogP contribution in [0.1, 0.15) is 17.3 Å². The second-order valence-corrected chi connectivity index (χ2v) is 3.66. The van der Waals surface area contributed by atoms with Crippen LogP contribution in [-0.2, 0) is 14.3 Å². The third-order valence-corrected chi connectivity index (χ3v) is 2.33.